The maximum absolute atomic E-state index is 12.5. The first-order valence-corrected chi connectivity index (χ1v) is 10.5. The summed E-state index contributed by atoms with van der Waals surface area (Å²) in [7, 11) is 0. The lowest BCUT2D eigenvalue weighted by Gasteiger charge is -2.14. The van der Waals surface area contributed by atoms with E-state index in [2.05, 4.69) is 15.5 Å². The Kier molecular flexibility index (Phi) is 6.15. The van der Waals surface area contributed by atoms with Gasteiger partial charge in [0.15, 0.2) is 10.9 Å². The van der Waals surface area contributed by atoms with E-state index in [1.54, 1.807) is 36.6 Å². The van der Waals surface area contributed by atoms with Gasteiger partial charge in [-0.3, -0.25) is 14.2 Å². The summed E-state index contributed by atoms with van der Waals surface area (Å²) in [5, 5.41) is 11.8. The molecule has 0 radical (unpaired) electrons. The molecule has 3 aromatic rings. The number of carbonyl (C=O) groups is 2. The van der Waals surface area contributed by atoms with Crippen molar-refractivity contribution in [1.82, 2.24) is 14.8 Å². The van der Waals surface area contributed by atoms with Crippen LogP contribution < -0.4 is 11.1 Å². The predicted molar refractivity (Wildman–Crippen MR) is 111 cm³/mol. The molecule has 1 aliphatic heterocycles. The Labute approximate surface area is 177 Å². The van der Waals surface area contributed by atoms with Gasteiger partial charge < -0.3 is 20.2 Å². The van der Waals surface area contributed by atoms with Crippen LogP contribution in [0.5, 0.6) is 0 Å². The van der Waals surface area contributed by atoms with Gasteiger partial charge in [0.25, 0.3) is 5.91 Å². The molecule has 2 amide bonds. The predicted octanol–water partition coefficient (Wildman–Crippen LogP) is 2.55. The van der Waals surface area contributed by atoms with Crippen molar-refractivity contribution in [2.24, 2.45) is 5.73 Å². The van der Waals surface area contributed by atoms with Crippen LogP contribution in [0.4, 0.5) is 5.69 Å². The van der Waals surface area contributed by atoms with E-state index < -0.39 is 5.91 Å². The van der Waals surface area contributed by atoms with E-state index in [9.17, 15) is 9.59 Å². The lowest BCUT2D eigenvalue weighted by molar-refractivity contribution is -0.113. The number of thioether (sulfide) groups is 1. The molecule has 30 heavy (non-hydrogen) atoms. The largest absolute Gasteiger partial charge is 0.461 e. The summed E-state index contributed by atoms with van der Waals surface area (Å²) < 4.78 is 13.2. The van der Waals surface area contributed by atoms with Gasteiger partial charge in [0.1, 0.15) is 0 Å². The zero-order chi connectivity index (χ0) is 20.9. The smallest absolute Gasteiger partial charge is 0.250 e. The molecule has 1 fully saturated rings. The summed E-state index contributed by atoms with van der Waals surface area (Å²) in [6.07, 6.45) is 3.64. The fourth-order valence-corrected chi connectivity index (χ4v) is 4.01. The third-order valence-electron chi connectivity index (χ3n) is 4.67. The highest BCUT2D eigenvalue weighted by atomic mass is 32.2. The topological polar surface area (TPSA) is 125 Å². The molecule has 0 bridgehead atoms. The number of furan rings is 1. The molecule has 0 spiro atoms. The van der Waals surface area contributed by atoms with E-state index in [0.717, 1.165) is 19.4 Å². The third kappa shape index (κ3) is 4.55. The number of benzene rings is 1. The highest BCUT2D eigenvalue weighted by Crippen LogP contribution is 2.27. The van der Waals surface area contributed by atoms with Gasteiger partial charge in [0, 0.05) is 6.61 Å². The summed E-state index contributed by atoms with van der Waals surface area (Å²) in [4.78, 5) is 24.0. The first-order chi connectivity index (χ1) is 14.6. The summed E-state index contributed by atoms with van der Waals surface area (Å²) in [5.74, 6) is 0.414. The number of carbonyl (C=O) groups excluding carboxylic acids is 2. The van der Waals surface area contributed by atoms with Crippen molar-refractivity contribution in [1.29, 1.82) is 0 Å². The van der Waals surface area contributed by atoms with Crippen LogP contribution in [0.2, 0.25) is 0 Å². The number of primary amides is 1. The lowest BCUT2D eigenvalue weighted by atomic mass is 10.1. The van der Waals surface area contributed by atoms with E-state index in [-0.39, 0.29) is 23.3 Å². The fraction of sp³-hybridized carbons (Fsp3) is 0.300. The van der Waals surface area contributed by atoms with Gasteiger partial charge in [-0.1, -0.05) is 23.9 Å². The van der Waals surface area contributed by atoms with Crippen molar-refractivity contribution >= 4 is 29.3 Å². The quantitative estimate of drug-likeness (QED) is 0.529. The van der Waals surface area contributed by atoms with Gasteiger partial charge in [-0.25, -0.2) is 0 Å². The lowest BCUT2D eigenvalue weighted by Crippen LogP contribution is -2.20. The van der Waals surface area contributed by atoms with E-state index in [1.807, 2.05) is 10.6 Å². The number of amides is 2. The molecule has 1 saturated heterocycles. The minimum absolute atomic E-state index is 0.0744. The van der Waals surface area contributed by atoms with Crippen LogP contribution in [0.3, 0.4) is 0 Å². The van der Waals surface area contributed by atoms with Gasteiger partial charge >= 0.3 is 0 Å². The Morgan fingerprint density at radius 1 is 1.23 bits per heavy atom. The Morgan fingerprint density at radius 3 is 2.83 bits per heavy atom. The second-order valence-electron chi connectivity index (χ2n) is 6.78. The second-order valence-corrected chi connectivity index (χ2v) is 7.72. The molecule has 10 heteroatoms. The first kappa shape index (κ1) is 20.2. The number of nitrogens with one attached hydrogen (secondary N) is 1. The Hall–Kier alpha value is -3.11. The van der Waals surface area contributed by atoms with Crippen molar-refractivity contribution < 1.29 is 18.7 Å². The van der Waals surface area contributed by atoms with Gasteiger partial charge in [0.2, 0.25) is 11.7 Å². The Morgan fingerprint density at radius 2 is 2.10 bits per heavy atom. The SMILES string of the molecule is NC(=O)c1ccccc1NC(=O)CSc1nnc(-c2ccco2)n1CC1CCCO1. The molecule has 1 aromatic carbocycles. The van der Waals surface area contributed by atoms with Crippen LogP contribution in [0.15, 0.2) is 52.2 Å². The third-order valence-corrected chi connectivity index (χ3v) is 5.63. The number of nitrogens with two attached hydrogens (primary N) is 1. The van der Waals surface area contributed by atoms with Crippen LogP contribution in [-0.4, -0.2) is 45.0 Å². The molecule has 0 saturated carbocycles. The van der Waals surface area contributed by atoms with Crippen molar-refractivity contribution in [2.45, 2.75) is 30.6 Å². The molecular formula is C20H21N5O4S. The fourth-order valence-electron chi connectivity index (χ4n) is 3.26. The van der Waals surface area contributed by atoms with Crippen molar-refractivity contribution in [3.63, 3.8) is 0 Å². The normalized spacial score (nSPS) is 15.9. The average Bonchev–Trinajstić information content (AvgIpc) is 3.49. The number of para-hydroxylation sites is 1. The second kappa shape index (κ2) is 9.14. The maximum atomic E-state index is 12.5. The van der Waals surface area contributed by atoms with Crippen molar-refractivity contribution in [2.75, 3.05) is 17.7 Å². The zero-order valence-corrected chi connectivity index (χ0v) is 16.9. The van der Waals surface area contributed by atoms with E-state index in [0.29, 0.717) is 29.0 Å². The molecule has 2 aromatic heterocycles. The standard InChI is InChI=1S/C20H21N5O4S/c21-18(27)14-6-1-2-7-15(14)22-17(26)12-30-20-24-23-19(16-8-4-10-29-16)25(20)11-13-5-3-9-28-13/h1-2,4,6-8,10,13H,3,5,9,11-12H2,(H2,21,27)(H,22,26). The van der Waals surface area contributed by atoms with E-state index in [1.165, 1.54) is 11.8 Å². The van der Waals surface area contributed by atoms with E-state index >= 15 is 0 Å². The highest BCUT2D eigenvalue weighted by molar-refractivity contribution is 7.99. The number of ether oxygens (including phenoxy) is 1. The average molecular weight is 427 g/mol. The van der Waals surface area contributed by atoms with Gasteiger partial charge in [-0.15, -0.1) is 10.2 Å². The molecule has 156 valence electrons. The van der Waals surface area contributed by atoms with Crippen LogP contribution in [0.25, 0.3) is 11.6 Å². The molecule has 9 nitrogen and oxygen atoms in total. The first-order valence-electron chi connectivity index (χ1n) is 9.52. The molecule has 1 atom stereocenters. The number of anilines is 1. The Balaban J connectivity index is 1.47. The van der Waals surface area contributed by atoms with Crippen LogP contribution >= 0.6 is 11.8 Å². The molecule has 1 aliphatic rings. The molecule has 3 N–H and O–H groups in total. The number of aromatic nitrogens is 3. The highest BCUT2D eigenvalue weighted by Gasteiger charge is 2.23. The summed E-state index contributed by atoms with van der Waals surface area (Å²) >= 11 is 1.25. The monoisotopic (exact) mass is 427 g/mol. The minimum atomic E-state index is -0.599. The maximum Gasteiger partial charge on any atom is 0.250 e. The molecule has 1 unspecified atom stereocenters. The minimum Gasteiger partial charge on any atom is -0.461 e. The van der Waals surface area contributed by atoms with Crippen LogP contribution in [-0.2, 0) is 16.1 Å². The summed E-state index contributed by atoms with van der Waals surface area (Å²) in [6.45, 7) is 1.32. The van der Waals surface area contributed by atoms with Gasteiger partial charge in [-0.2, -0.15) is 0 Å². The van der Waals surface area contributed by atoms with Gasteiger partial charge in [-0.05, 0) is 37.1 Å². The molecule has 0 aliphatic carbocycles. The number of nitrogens with zero attached hydrogens (tertiary/aromatic N) is 3. The van der Waals surface area contributed by atoms with Crippen molar-refractivity contribution in [3.05, 3.63) is 48.2 Å². The molecule has 3 heterocycles. The number of rotatable bonds is 8. The molecular weight excluding hydrogens is 406 g/mol. The Bertz CT molecular complexity index is 1030. The van der Waals surface area contributed by atoms with Crippen molar-refractivity contribution in [3.8, 4) is 11.6 Å². The zero-order valence-electron chi connectivity index (χ0n) is 16.1. The molecule has 4 rings (SSSR count). The van der Waals surface area contributed by atoms with E-state index in [4.69, 9.17) is 14.9 Å². The van der Waals surface area contributed by atoms with Crippen LogP contribution in [0, 0.1) is 0 Å². The number of hydrogen-bond acceptors (Lipinski definition) is 7. The summed E-state index contributed by atoms with van der Waals surface area (Å²) in [5.41, 5.74) is 6.01. The summed E-state index contributed by atoms with van der Waals surface area (Å²) in [6, 6.07) is 10.2. The van der Waals surface area contributed by atoms with Gasteiger partial charge in [0.05, 0.1) is 35.9 Å². The van der Waals surface area contributed by atoms with Crippen LogP contribution in [0.1, 0.15) is 23.2 Å². The number of hydrogen-bond donors (Lipinski definition) is 2.